The molecule has 0 aliphatic carbocycles. The molecule has 9 aromatic carbocycles. The number of benzene rings is 9. The van der Waals surface area contributed by atoms with Gasteiger partial charge in [0.2, 0.25) is 5.75 Å². The fraction of sp³-hybridized carbons (Fsp3) is 0.141. The van der Waals surface area contributed by atoms with E-state index in [0.717, 1.165) is 38.9 Å². The first-order valence-electron chi connectivity index (χ1n) is 24.4. The van der Waals surface area contributed by atoms with Crippen LogP contribution in [0.5, 0.6) is 40.2 Å². The topological polar surface area (TPSA) is 90.9 Å². The summed E-state index contributed by atoms with van der Waals surface area (Å²) in [6.07, 6.45) is -1.51. The maximum absolute atomic E-state index is 14.4. The minimum absolute atomic E-state index is 0.236. The number of carbonyl (C=O) groups is 1. The van der Waals surface area contributed by atoms with Gasteiger partial charge in [-0.1, -0.05) is 182 Å². The third-order valence-electron chi connectivity index (χ3n) is 12.3. The first-order valence-corrected chi connectivity index (χ1v) is 24.4. The van der Waals surface area contributed by atoms with Gasteiger partial charge >= 0.3 is 5.97 Å². The summed E-state index contributed by atoms with van der Waals surface area (Å²) < 4.78 is 53.0. The summed E-state index contributed by atoms with van der Waals surface area (Å²) in [6.45, 7) is 1.74. The quantitative estimate of drug-likeness (QED) is 0.0653. The predicted molar refractivity (Wildman–Crippen MR) is 280 cm³/mol. The summed E-state index contributed by atoms with van der Waals surface area (Å²) in [7, 11) is 0. The molecule has 0 radical (unpaired) electrons. The van der Waals surface area contributed by atoms with Gasteiger partial charge in [-0.05, 0) is 69.8 Å². The van der Waals surface area contributed by atoms with E-state index in [4.69, 9.17) is 37.9 Å². The summed E-state index contributed by atoms with van der Waals surface area (Å²) in [5.41, 5.74) is 7.64. The highest BCUT2D eigenvalue weighted by molar-refractivity contribution is 5.89. The summed E-state index contributed by atoms with van der Waals surface area (Å²) in [4.78, 5) is 14.4. The lowest BCUT2D eigenvalue weighted by molar-refractivity contribution is -0.0190. The minimum Gasteiger partial charge on any atom is -0.489 e. The highest BCUT2D eigenvalue weighted by Crippen LogP contribution is 2.48. The number of ether oxygens (including phenoxy) is 8. The molecule has 9 heteroatoms. The fourth-order valence-corrected chi connectivity index (χ4v) is 8.45. The van der Waals surface area contributed by atoms with Crippen LogP contribution in [0.1, 0.15) is 61.0 Å². The zero-order valence-corrected chi connectivity index (χ0v) is 40.2. The van der Waals surface area contributed by atoms with Crippen LogP contribution >= 0.6 is 0 Å². The summed E-state index contributed by atoms with van der Waals surface area (Å²) in [5, 5.41) is 0. The van der Waals surface area contributed by atoms with E-state index in [2.05, 4.69) is 0 Å². The van der Waals surface area contributed by atoms with Crippen molar-refractivity contribution in [3.63, 3.8) is 0 Å². The lowest BCUT2D eigenvalue weighted by atomic mass is 9.93. The Morgan fingerprint density at radius 2 is 0.781 bits per heavy atom. The number of hydrogen-bond donors (Lipinski definition) is 0. The molecule has 9 nitrogen and oxygen atoms in total. The van der Waals surface area contributed by atoms with Crippen LogP contribution < -0.4 is 33.2 Å². The van der Waals surface area contributed by atoms with Crippen LogP contribution in [0.3, 0.4) is 0 Å². The normalized spacial score (nSPS) is 13.6. The summed E-state index contributed by atoms with van der Waals surface area (Å²) in [6, 6.07) is 74.2. The van der Waals surface area contributed by atoms with Gasteiger partial charge in [-0.15, -0.1) is 0 Å². The standard InChI is InChI=1S/C64H54O9/c65-64(52-31-33-54(34-32-52)66-40-46-19-7-1-8-20-46)73-61-39-56-57(68-42-48-23-11-3-12-24-48)37-55(67-41-47-21-9-2-10-22-47)38-58(56)72-62(61)53-35-59(69-43-49-25-13-4-14-26-49)63(71-45-51-29-17-6-18-30-51)60(36-53)70-44-50-27-15-5-16-28-50/h1-38,61-62H,39-45H2/t61-,62+/m0/s1. The monoisotopic (exact) mass is 966 g/mol. The molecular weight excluding hydrogens is 913 g/mol. The Hall–Kier alpha value is -8.95. The Bertz CT molecular complexity index is 3090. The molecule has 0 spiro atoms. The van der Waals surface area contributed by atoms with E-state index in [-0.39, 0.29) is 32.8 Å². The number of fused-ring (bicyclic) bond motifs is 1. The molecule has 0 bridgehead atoms. The van der Waals surface area contributed by atoms with E-state index in [1.54, 1.807) is 24.3 Å². The fourth-order valence-electron chi connectivity index (χ4n) is 8.45. The van der Waals surface area contributed by atoms with Crippen molar-refractivity contribution in [3.05, 3.63) is 281 Å². The molecule has 0 N–H and O–H groups in total. The van der Waals surface area contributed by atoms with Crippen LogP contribution in [0.15, 0.2) is 231 Å². The van der Waals surface area contributed by atoms with E-state index in [0.29, 0.717) is 64.6 Å². The SMILES string of the molecule is O=C(O[C@H]1Cc2c(OCc3ccccc3)cc(OCc3ccccc3)cc2O[C@@H]1c1cc(OCc2ccccc2)c(OCc2ccccc2)c(OCc2ccccc2)c1)c1ccc(OCc2ccccc2)cc1. The summed E-state index contributed by atoms with van der Waals surface area (Å²) >= 11 is 0. The van der Waals surface area contributed by atoms with E-state index in [9.17, 15) is 4.79 Å². The van der Waals surface area contributed by atoms with Crippen molar-refractivity contribution >= 4 is 5.97 Å². The van der Waals surface area contributed by atoms with Gasteiger partial charge in [-0.25, -0.2) is 4.79 Å². The molecule has 0 amide bonds. The number of rotatable bonds is 21. The molecule has 10 rings (SSSR count). The van der Waals surface area contributed by atoms with Gasteiger partial charge in [-0.2, -0.15) is 0 Å². The second-order valence-electron chi connectivity index (χ2n) is 17.6. The molecule has 1 aliphatic heterocycles. The zero-order chi connectivity index (χ0) is 49.4. The van der Waals surface area contributed by atoms with Crippen LogP contribution in [0.25, 0.3) is 0 Å². The number of esters is 1. The third kappa shape index (κ3) is 12.9. The van der Waals surface area contributed by atoms with Crippen molar-refractivity contribution in [2.45, 2.75) is 58.3 Å². The second kappa shape index (κ2) is 23.8. The molecule has 0 aromatic heterocycles. The van der Waals surface area contributed by atoms with Crippen LogP contribution in [0.2, 0.25) is 0 Å². The molecule has 0 saturated heterocycles. The molecule has 9 aromatic rings. The van der Waals surface area contributed by atoms with Crippen LogP contribution in [0, 0.1) is 0 Å². The van der Waals surface area contributed by atoms with Crippen molar-refractivity contribution in [2.24, 2.45) is 0 Å². The highest BCUT2D eigenvalue weighted by atomic mass is 16.6. The third-order valence-corrected chi connectivity index (χ3v) is 12.3. The van der Waals surface area contributed by atoms with Gasteiger partial charge in [0.25, 0.3) is 0 Å². The molecule has 364 valence electrons. The smallest absolute Gasteiger partial charge is 0.338 e. The Balaban J connectivity index is 1.04. The van der Waals surface area contributed by atoms with E-state index in [1.165, 1.54) is 0 Å². The van der Waals surface area contributed by atoms with Crippen LogP contribution in [-0.4, -0.2) is 12.1 Å². The van der Waals surface area contributed by atoms with Gasteiger partial charge < -0.3 is 37.9 Å². The van der Waals surface area contributed by atoms with Gasteiger partial charge in [-0.3, -0.25) is 0 Å². The first kappa shape index (κ1) is 47.7. The Morgan fingerprint density at radius 1 is 0.397 bits per heavy atom. The molecule has 1 heterocycles. The Morgan fingerprint density at radius 3 is 1.22 bits per heavy atom. The number of hydrogen-bond acceptors (Lipinski definition) is 9. The molecule has 0 fully saturated rings. The van der Waals surface area contributed by atoms with Crippen molar-refractivity contribution in [1.82, 2.24) is 0 Å². The Labute approximate surface area is 426 Å². The number of carbonyl (C=O) groups excluding carboxylic acids is 1. The van der Waals surface area contributed by atoms with E-state index < -0.39 is 18.2 Å². The summed E-state index contributed by atoms with van der Waals surface area (Å²) in [5.74, 6) is 3.00. The zero-order valence-electron chi connectivity index (χ0n) is 40.2. The highest BCUT2D eigenvalue weighted by Gasteiger charge is 2.38. The van der Waals surface area contributed by atoms with Crippen LogP contribution in [-0.2, 0) is 50.8 Å². The van der Waals surface area contributed by atoms with Crippen molar-refractivity contribution in [1.29, 1.82) is 0 Å². The van der Waals surface area contributed by atoms with Crippen molar-refractivity contribution in [3.8, 4) is 40.2 Å². The maximum Gasteiger partial charge on any atom is 0.338 e. The van der Waals surface area contributed by atoms with E-state index >= 15 is 0 Å². The largest absolute Gasteiger partial charge is 0.489 e. The van der Waals surface area contributed by atoms with Crippen molar-refractivity contribution in [2.75, 3.05) is 0 Å². The molecule has 0 unspecified atom stereocenters. The maximum atomic E-state index is 14.4. The molecule has 0 saturated carbocycles. The average molecular weight is 967 g/mol. The lowest BCUT2D eigenvalue weighted by Gasteiger charge is -2.35. The van der Waals surface area contributed by atoms with E-state index in [1.807, 2.05) is 206 Å². The van der Waals surface area contributed by atoms with Gasteiger partial charge in [0.15, 0.2) is 17.6 Å². The second-order valence-corrected chi connectivity index (χ2v) is 17.6. The van der Waals surface area contributed by atoms with Crippen LogP contribution in [0.4, 0.5) is 0 Å². The molecule has 2 atom stereocenters. The van der Waals surface area contributed by atoms with Gasteiger partial charge in [0.1, 0.15) is 68.7 Å². The predicted octanol–water partition coefficient (Wildman–Crippen LogP) is 14.1. The van der Waals surface area contributed by atoms with Crippen molar-refractivity contribution < 1.29 is 42.7 Å². The Kier molecular flexibility index (Phi) is 15.5. The molecule has 73 heavy (non-hydrogen) atoms. The van der Waals surface area contributed by atoms with Gasteiger partial charge in [0, 0.05) is 29.7 Å². The average Bonchev–Trinajstić information content (AvgIpc) is 3.45. The first-order chi connectivity index (χ1) is 36.1. The van der Waals surface area contributed by atoms with Gasteiger partial charge in [0.05, 0.1) is 5.56 Å². The minimum atomic E-state index is -0.877. The molecular formula is C64H54O9. The lowest BCUT2D eigenvalue weighted by Crippen LogP contribution is -2.35. The molecule has 1 aliphatic rings.